The first-order valence-corrected chi connectivity index (χ1v) is 6.93. The summed E-state index contributed by atoms with van der Waals surface area (Å²) in [6.07, 6.45) is 9.44. The van der Waals surface area contributed by atoms with E-state index in [9.17, 15) is 4.79 Å². The molecule has 0 aliphatic carbocycles. The second-order valence-corrected chi connectivity index (χ2v) is 4.91. The number of methoxy groups -OCH3 is 1. The number of allylic oxidation sites excluding steroid dienone is 1. The normalized spacial score (nSPS) is 17.6. The first-order chi connectivity index (χ1) is 10.6. The monoisotopic (exact) mass is 298 g/mol. The van der Waals surface area contributed by atoms with Gasteiger partial charge in [-0.3, -0.25) is 4.79 Å². The largest absolute Gasteiger partial charge is 0.493 e. The summed E-state index contributed by atoms with van der Waals surface area (Å²) in [7, 11) is 1.58. The lowest BCUT2D eigenvalue weighted by Crippen LogP contribution is -2.30. The summed E-state index contributed by atoms with van der Waals surface area (Å²) >= 11 is 0. The Kier molecular flexibility index (Phi) is 5.21. The zero-order chi connectivity index (χ0) is 15.9. The van der Waals surface area contributed by atoms with E-state index in [0.29, 0.717) is 17.9 Å². The molecule has 114 valence electrons. The van der Waals surface area contributed by atoms with Gasteiger partial charge in [0, 0.05) is 12.3 Å². The molecule has 1 atom stereocenters. The van der Waals surface area contributed by atoms with E-state index in [-0.39, 0.29) is 18.4 Å². The molecular formula is C17H18N2O3. The average Bonchev–Trinajstić information content (AvgIpc) is 2.52. The number of amides is 1. The van der Waals surface area contributed by atoms with Crippen LogP contribution in [0.5, 0.6) is 11.5 Å². The van der Waals surface area contributed by atoms with Gasteiger partial charge in [0.2, 0.25) is 5.91 Å². The van der Waals surface area contributed by atoms with Gasteiger partial charge in [0.25, 0.3) is 0 Å². The minimum atomic E-state index is -0.0543. The van der Waals surface area contributed by atoms with Gasteiger partial charge in [0.15, 0.2) is 11.5 Å². The van der Waals surface area contributed by atoms with E-state index in [1.165, 1.54) is 0 Å². The molecule has 0 fully saturated rings. The summed E-state index contributed by atoms with van der Waals surface area (Å²) in [4.78, 5) is 11.2. The molecule has 2 rings (SSSR count). The van der Waals surface area contributed by atoms with E-state index in [2.05, 4.69) is 16.4 Å². The lowest BCUT2D eigenvalue weighted by atomic mass is 9.99. The Morgan fingerprint density at radius 2 is 2.27 bits per heavy atom. The maximum Gasteiger partial charge on any atom is 0.240 e. The molecule has 0 aromatic heterocycles. The van der Waals surface area contributed by atoms with Crippen molar-refractivity contribution in [1.82, 2.24) is 5.43 Å². The molecule has 22 heavy (non-hydrogen) atoms. The highest BCUT2D eigenvalue weighted by Gasteiger charge is 2.17. The fraction of sp³-hybridized carbons (Fsp3) is 0.294. The maximum atomic E-state index is 11.2. The first-order valence-electron chi connectivity index (χ1n) is 6.93. The van der Waals surface area contributed by atoms with Crippen LogP contribution >= 0.6 is 0 Å². The second-order valence-electron chi connectivity index (χ2n) is 4.91. The van der Waals surface area contributed by atoms with Crippen LogP contribution in [0.25, 0.3) is 6.08 Å². The van der Waals surface area contributed by atoms with Crippen molar-refractivity contribution in [2.24, 2.45) is 11.0 Å². The Bertz CT molecular complexity index is 656. The Morgan fingerprint density at radius 1 is 1.45 bits per heavy atom. The summed E-state index contributed by atoms with van der Waals surface area (Å²) in [6.45, 7) is 2.17. The third-order valence-corrected chi connectivity index (χ3v) is 3.25. The number of nitrogens with zero attached hydrogens (tertiary/aromatic N) is 1. The van der Waals surface area contributed by atoms with Crippen molar-refractivity contribution in [3.05, 3.63) is 29.8 Å². The highest BCUT2D eigenvalue weighted by Crippen LogP contribution is 2.28. The average molecular weight is 298 g/mol. The lowest BCUT2D eigenvalue weighted by Gasteiger charge is -2.16. The van der Waals surface area contributed by atoms with Crippen LogP contribution in [0, 0.1) is 18.3 Å². The van der Waals surface area contributed by atoms with Gasteiger partial charge in [-0.05, 0) is 23.8 Å². The summed E-state index contributed by atoms with van der Waals surface area (Å²) in [5.74, 6) is 3.68. The molecule has 0 radical (unpaired) electrons. The second kappa shape index (κ2) is 7.32. The van der Waals surface area contributed by atoms with Crippen molar-refractivity contribution in [3.8, 4) is 23.8 Å². The van der Waals surface area contributed by atoms with Crippen LogP contribution in [0.15, 0.2) is 29.4 Å². The third kappa shape index (κ3) is 3.89. The number of ether oxygens (including phenoxy) is 2. The summed E-state index contributed by atoms with van der Waals surface area (Å²) in [6, 6.07) is 5.57. The van der Waals surface area contributed by atoms with Crippen LogP contribution < -0.4 is 14.9 Å². The predicted molar refractivity (Wildman–Crippen MR) is 85.7 cm³/mol. The molecule has 5 nitrogen and oxygen atoms in total. The van der Waals surface area contributed by atoms with Gasteiger partial charge in [-0.15, -0.1) is 6.42 Å². The fourth-order valence-electron chi connectivity index (χ4n) is 2.08. The number of hydrogen-bond donors (Lipinski definition) is 1. The molecule has 1 aliphatic rings. The van der Waals surface area contributed by atoms with Gasteiger partial charge in [-0.2, -0.15) is 5.10 Å². The minimum absolute atomic E-state index is 0.0543. The quantitative estimate of drug-likeness (QED) is 0.848. The van der Waals surface area contributed by atoms with Crippen LogP contribution in [0.2, 0.25) is 0 Å². The summed E-state index contributed by atoms with van der Waals surface area (Å²) in [5, 5.41) is 4.06. The Labute approximate surface area is 130 Å². The van der Waals surface area contributed by atoms with E-state index >= 15 is 0 Å². The van der Waals surface area contributed by atoms with Crippen molar-refractivity contribution < 1.29 is 14.3 Å². The molecule has 1 aromatic rings. The first kappa shape index (κ1) is 15.6. The molecule has 0 spiro atoms. The lowest BCUT2D eigenvalue weighted by molar-refractivity contribution is -0.121. The highest BCUT2D eigenvalue weighted by molar-refractivity contribution is 6.03. The van der Waals surface area contributed by atoms with Crippen LogP contribution in [0.3, 0.4) is 0 Å². The third-order valence-electron chi connectivity index (χ3n) is 3.25. The maximum absolute atomic E-state index is 11.2. The Morgan fingerprint density at radius 3 is 2.95 bits per heavy atom. The summed E-state index contributed by atoms with van der Waals surface area (Å²) < 4.78 is 10.7. The van der Waals surface area contributed by atoms with Gasteiger partial charge in [0.1, 0.15) is 6.61 Å². The van der Waals surface area contributed by atoms with E-state index in [1.54, 1.807) is 7.11 Å². The van der Waals surface area contributed by atoms with Crippen molar-refractivity contribution in [2.75, 3.05) is 13.7 Å². The van der Waals surface area contributed by atoms with Gasteiger partial charge < -0.3 is 9.47 Å². The number of carbonyl (C=O) groups excluding carboxylic acids is 1. The molecule has 1 N–H and O–H groups in total. The molecule has 0 saturated carbocycles. The van der Waals surface area contributed by atoms with Crippen LogP contribution in [0.1, 0.15) is 18.9 Å². The molecule has 5 heteroatoms. The van der Waals surface area contributed by atoms with E-state index < -0.39 is 0 Å². The number of benzene rings is 1. The molecule has 0 bridgehead atoms. The Balaban J connectivity index is 2.14. The van der Waals surface area contributed by atoms with Gasteiger partial charge in [-0.1, -0.05) is 25.0 Å². The molecule has 1 aliphatic heterocycles. The SMILES string of the molecule is C#CCOc1ccc(C=CC2=NNC(=O)CC2C)cc1OC. The predicted octanol–water partition coefficient (Wildman–Crippen LogP) is 2.23. The number of nitrogens with one attached hydrogen (secondary N) is 1. The molecule has 1 aromatic carbocycles. The minimum Gasteiger partial charge on any atom is -0.493 e. The molecule has 0 saturated heterocycles. The van der Waals surface area contributed by atoms with Crippen molar-refractivity contribution >= 4 is 17.7 Å². The van der Waals surface area contributed by atoms with Gasteiger partial charge in [-0.25, -0.2) is 5.43 Å². The molecule has 1 amide bonds. The zero-order valence-corrected chi connectivity index (χ0v) is 12.6. The number of carbonyl (C=O) groups is 1. The molecule has 1 unspecified atom stereocenters. The highest BCUT2D eigenvalue weighted by atomic mass is 16.5. The molecular weight excluding hydrogens is 280 g/mol. The van der Waals surface area contributed by atoms with E-state index in [0.717, 1.165) is 11.3 Å². The van der Waals surface area contributed by atoms with Gasteiger partial charge >= 0.3 is 0 Å². The topological polar surface area (TPSA) is 59.9 Å². The van der Waals surface area contributed by atoms with Crippen molar-refractivity contribution in [3.63, 3.8) is 0 Å². The number of rotatable bonds is 5. The summed E-state index contributed by atoms with van der Waals surface area (Å²) in [5.41, 5.74) is 4.27. The van der Waals surface area contributed by atoms with Crippen LogP contribution in [-0.4, -0.2) is 25.3 Å². The van der Waals surface area contributed by atoms with E-state index in [4.69, 9.17) is 15.9 Å². The Hall–Kier alpha value is -2.74. The van der Waals surface area contributed by atoms with E-state index in [1.807, 2.05) is 37.3 Å². The van der Waals surface area contributed by atoms with Crippen LogP contribution in [0.4, 0.5) is 0 Å². The van der Waals surface area contributed by atoms with Crippen molar-refractivity contribution in [1.29, 1.82) is 0 Å². The number of hydrazone groups is 1. The zero-order valence-electron chi connectivity index (χ0n) is 12.6. The fourth-order valence-corrected chi connectivity index (χ4v) is 2.08. The molecule has 1 heterocycles. The van der Waals surface area contributed by atoms with Gasteiger partial charge in [0.05, 0.1) is 12.8 Å². The van der Waals surface area contributed by atoms with Crippen LogP contribution in [-0.2, 0) is 4.79 Å². The smallest absolute Gasteiger partial charge is 0.240 e. The number of terminal acetylenes is 1. The standard InChI is InChI=1S/C17H18N2O3/c1-4-9-22-15-8-6-13(11-16(15)21-3)5-7-14-12(2)10-17(20)19-18-14/h1,5-8,11-12H,9-10H2,2-3H3,(H,19,20). The number of hydrogen-bond acceptors (Lipinski definition) is 4. The van der Waals surface area contributed by atoms with Crippen molar-refractivity contribution in [2.45, 2.75) is 13.3 Å².